The van der Waals surface area contributed by atoms with Gasteiger partial charge in [0, 0.05) is 12.5 Å². The molecule has 0 heterocycles. The summed E-state index contributed by atoms with van der Waals surface area (Å²) in [4.78, 5) is 14.0. The summed E-state index contributed by atoms with van der Waals surface area (Å²) in [6.07, 6.45) is 3.86. The lowest BCUT2D eigenvalue weighted by Crippen LogP contribution is -2.25. The van der Waals surface area contributed by atoms with Gasteiger partial charge in [-0.2, -0.15) is 4.79 Å². The Morgan fingerprint density at radius 3 is 2.73 bits per heavy atom. The maximum Gasteiger partial charge on any atom is 0.357 e. The summed E-state index contributed by atoms with van der Waals surface area (Å²) in [5.41, 5.74) is 8.41. The largest absolute Gasteiger partial charge is 0.361 e. The second-order valence-electron chi connectivity index (χ2n) is 3.41. The van der Waals surface area contributed by atoms with Crippen LogP contribution >= 0.6 is 0 Å². The van der Waals surface area contributed by atoms with E-state index in [-0.39, 0.29) is 16.9 Å². The third kappa shape index (κ3) is 1.63. The number of allylic oxidation sites excluding steroid dienone is 2. The first-order valence-corrected chi connectivity index (χ1v) is 3.50. The average molecular weight is 150 g/mol. The Hall–Kier alpha value is -1.21. The van der Waals surface area contributed by atoms with Gasteiger partial charge in [-0.1, -0.05) is 19.9 Å². The molecule has 0 aromatic heterocycles. The zero-order valence-corrected chi connectivity index (χ0v) is 6.66. The fraction of sp³-hybridized carbons (Fsp3) is 0.500. The molecule has 0 aliphatic heterocycles. The standard InChI is InChI=1S/C8H10N2O/c1-8(2)4-3-6(10-9)7(11)5-8/h3-4H,5H2,1-2H3. The van der Waals surface area contributed by atoms with E-state index in [1.807, 2.05) is 19.9 Å². The van der Waals surface area contributed by atoms with Crippen molar-refractivity contribution >= 4 is 11.5 Å². The Bertz CT molecular complexity index is 270. The highest BCUT2D eigenvalue weighted by Crippen LogP contribution is 2.25. The molecule has 3 nitrogen and oxygen atoms in total. The molecule has 3 heteroatoms. The number of carbonyl (C=O) groups is 1. The Balaban J connectivity index is 3.02. The van der Waals surface area contributed by atoms with E-state index in [1.165, 1.54) is 0 Å². The van der Waals surface area contributed by atoms with E-state index in [2.05, 4.69) is 4.79 Å². The molecule has 0 atom stereocenters. The first-order chi connectivity index (χ1) is 5.05. The van der Waals surface area contributed by atoms with Gasteiger partial charge in [0.15, 0.2) is 0 Å². The number of hydrogen-bond donors (Lipinski definition) is 0. The van der Waals surface area contributed by atoms with E-state index in [0.29, 0.717) is 6.42 Å². The summed E-state index contributed by atoms with van der Waals surface area (Å²) in [5, 5.41) is 0. The maximum atomic E-state index is 11.1. The van der Waals surface area contributed by atoms with Crippen molar-refractivity contribution in [1.29, 1.82) is 0 Å². The topological polar surface area (TPSA) is 53.5 Å². The van der Waals surface area contributed by atoms with E-state index >= 15 is 0 Å². The molecular formula is C8H10N2O. The number of ketones is 1. The number of hydrogen-bond acceptors (Lipinski definition) is 1. The smallest absolute Gasteiger partial charge is 0.357 e. The van der Waals surface area contributed by atoms with Crippen LogP contribution in [-0.2, 0) is 4.79 Å². The summed E-state index contributed by atoms with van der Waals surface area (Å²) in [7, 11) is 0. The molecule has 0 saturated carbocycles. The van der Waals surface area contributed by atoms with Crippen molar-refractivity contribution in [3.05, 3.63) is 17.7 Å². The lowest BCUT2D eigenvalue weighted by atomic mass is 9.82. The minimum Gasteiger partial charge on any atom is -0.361 e. The third-order valence-corrected chi connectivity index (χ3v) is 1.70. The molecule has 1 aliphatic carbocycles. The van der Waals surface area contributed by atoms with Crippen LogP contribution in [0, 0.1) is 5.41 Å². The minimum atomic E-state index is -0.0972. The van der Waals surface area contributed by atoms with Gasteiger partial charge in [0.05, 0.1) is 0 Å². The molecule has 0 spiro atoms. The highest BCUT2D eigenvalue weighted by atomic mass is 16.1. The van der Waals surface area contributed by atoms with Crippen LogP contribution in [0.15, 0.2) is 12.2 Å². The monoisotopic (exact) mass is 150 g/mol. The van der Waals surface area contributed by atoms with Crippen molar-refractivity contribution in [2.75, 3.05) is 0 Å². The van der Waals surface area contributed by atoms with Gasteiger partial charge >= 0.3 is 5.71 Å². The van der Waals surface area contributed by atoms with Gasteiger partial charge in [0.2, 0.25) is 5.78 Å². The van der Waals surface area contributed by atoms with Crippen molar-refractivity contribution in [1.82, 2.24) is 0 Å². The van der Waals surface area contributed by atoms with Crippen molar-refractivity contribution in [3.8, 4) is 0 Å². The quantitative estimate of drug-likeness (QED) is 0.378. The van der Waals surface area contributed by atoms with Crippen LogP contribution in [0.5, 0.6) is 0 Å². The van der Waals surface area contributed by atoms with E-state index in [1.54, 1.807) is 6.08 Å². The molecule has 0 aromatic rings. The zero-order valence-electron chi connectivity index (χ0n) is 6.66. The molecule has 0 N–H and O–H groups in total. The SMILES string of the molecule is CC1(C)C=CC(=[N+]=[N-])C(=O)C1. The molecule has 0 radical (unpaired) electrons. The maximum absolute atomic E-state index is 11.1. The van der Waals surface area contributed by atoms with Crippen molar-refractivity contribution < 1.29 is 9.58 Å². The molecule has 0 saturated heterocycles. The van der Waals surface area contributed by atoms with Crippen LogP contribution in [0.4, 0.5) is 0 Å². The zero-order chi connectivity index (χ0) is 8.48. The van der Waals surface area contributed by atoms with E-state index in [4.69, 9.17) is 5.53 Å². The van der Waals surface area contributed by atoms with Crippen LogP contribution in [0.25, 0.3) is 5.53 Å². The van der Waals surface area contributed by atoms with Crippen LogP contribution in [0.1, 0.15) is 20.3 Å². The summed E-state index contributed by atoms with van der Waals surface area (Å²) in [6, 6.07) is 0. The fourth-order valence-corrected chi connectivity index (χ4v) is 1.05. The Kier molecular flexibility index (Phi) is 1.75. The minimum absolute atomic E-state index is 0.0920. The second-order valence-corrected chi connectivity index (χ2v) is 3.41. The molecule has 11 heavy (non-hydrogen) atoms. The van der Waals surface area contributed by atoms with Gasteiger partial charge in [-0.15, -0.1) is 0 Å². The predicted molar refractivity (Wildman–Crippen MR) is 41.2 cm³/mol. The predicted octanol–water partition coefficient (Wildman–Crippen LogP) is 1.21. The third-order valence-electron chi connectivity index (χ3n) is 1.70. The fourth-order valence-electron chi connectivity index (χ4n) is 1.05. The van der Waals surface area contributed by atoms with E-state index in [0.717, 1.165) is 0 Å². The Morgan fingerprint density at radius 2 is 2.27 bits per heavy atom. The average Bonchev–Trinajstić information content (AvgIpc) is 1.86. The number of carbonyl (C=O) groups excluding carboxylic acids is 1. The highest BCUT2D eigenvalue weighted by Gasteiger charge is 2.30. The Labute approximate surface area is 65.3 Å². The normalized spacial score (nSPS) is 21.6. The van der Waals surface area contributed by atoms with Gasteiger partial charge in [-0.3, -0.25) is 4.79 Å². The Morgan fingerprint density at radius 1 is 1.64 bits per heavy atom. The number of rotatable bonds is 0. The molecule has 1 rings (SSSR count). The second kappa shape index (κ2) is 2.44. The molecule has 0 aromatic carbocycles. The van der Waals surface area contributed by atoms with Crippen LogP contribution in [0.2, 0.25) is 0 Å². The lowest BCUT2D eigenvalue weighted by Gasteiger charge is -2.19. The van der Waals surface area contributed by atoms with Gasteiger partial charge < -0.3 is 5.53 Å². The van der Waals surface area contributed by atoms with Crippen LogP contribution < -0.4 is 0 Å². The molecule has 0 bridgehead atoms. The van der Waals surface area contributed by atoms with Crippen LogP contribution in [0.3, 0.4) is 0 Å². The highest BCUT2D eigenvalue weighted by molar-refractivity contribution is 6.42. The molecule has 0 amide bonds. The first-order valence-electron chi connectivity index (χ1n) is 3.50. The molecule has 1 aliphatic rings. The number of nitrogens with zero attached hydrogens (tertiary/aromatic N) is 2. The summed E-state index contributed by atoms with van der Waals surface area (Å²) >= 11 is 0. The summed E-state index contributed by atoms with van der Waals surface area (Å²) < 4.78 is 0. The lowest BCUT2D eigenvalue weighted by molar-refractivity contribution is -0.118. The summed E-state index contributed by atoms with van der Waals surface area (Å²) in [5.74, 6) is -0.0972. The molecular weight excluding hydrogens is 140 g/mol. The first kappa shape index (κ1) is 7.89. The summed E-state index contributed by atoms with van der Waals surface area (Å²) in [6.45, 7) is 3.94. The molecule has 0 unspecified atom stereocenters. The van der Waals surface area contributed by atoms with Gasteiger partial charge in [-0.25, -0.2) is 0 Å². The van der Waals surface area contributed by atoms with Crippen molar-refractivity contribution in [2.45, 2.75) is 20.3 Å². The van der Waals surface area contributed by atoms with Crippen molar-refractivity contribution in [2.24, 2.45) is 5.41 Å². The molecule has 58 valence electrons. The van der Waals surface area contributed by atoms with Crippen molar-refractivity contribution in [3.63, 3.8) is 0 Å². The number of Topliss-reactive ketones (excluding diaryl/α,β-unsaturated/α-hetero) is 1. The van der Waals surface area contributed by atoms with Gasteiger partial charge in [-0.05, 0) is 5.41 Å². The van der Waals surface area contributed by atoms with E-state index < -0.39 is 0 Å². The van der Waals surface area contributed by atoms with Crippen LogP contribution in [-0.4, -0.2) is 16.3 Å². The molecule has 0 fully saturated rings. The van der Waals surface area contributed by atoms with Gasteiger partial charge in [0.1, 0.15) is 0 Å². The van der Waals surface area contributed by atoms with E-state index in [9.17, 15) is 4.79 Å². The van der Waals surface area contributed by atoms with Gasteiger partial charge in [0.25, 0.3) is 0 Å².